The fourth-order valence-electron chi connectivity index (χ4n) is 10.5. The lowest BCUT2D eigenvalue weighted by Crippen LogP contribution is -2.48. The molecule has 2 heteroatoms. The van der Waals surface area contributed by atoms with Crippen LogP contribution in [0.25, 0.3) is 39.5 Å². The quantitative estimate of drug-likeness (QED) is 0.177. The first-order chi connectivity index (χ1) is 27.8. The molecule has 0 saturated heterocycles. The van der Waals surface area contributed by atoms with Gasteiger partial charge in [0.1, 0.15) is 0 Å². The predicted octanol–water partition coefficient (Wildman–Crippen LogP) is 12.7. The number of allylic oxidation sites excluding steroid dienone is 8. The van der Waals surface area contributed by atoms with E-state index in [0.29, 0.717) is 0 Å². The number of hydrogen-bond acceptors (Lipinski definition) is 2. The molecule has 6 aromatic carbocycles. The van der Waals surface area contributed by atoms with Gasteiger partial charge in [0, 0.05) is 16.7 Å². The van der Waals surface area contributed by atoms with E-state index >= 15 is 0 Å². The molecular weight excluding hydrogens is 677 g/mol. The van der Waals surface area contributed by atoms with Crippen molar-refractivity contribution in [3.63, 3.8) is 0 Å². The summed E-state index contributed by atoms with van der Waals surface area (Å²) in [4.78, 5) is 10.7. The number of hydrogen-bond donors (Lipinski definition) is 0. The van der Waals surface area contributed by atoms with Crippen LogP contribution < -0.4 is 0 Å². The summed E-state index contributed by atoms with van der Waals surface area (Å²) in [7, 11) is 0. The van der Waals surface area contributed by atoms with Crippen molar-refractivity contribution in [3.8, 4) is 33.9 Å². The second-order valence-corrected chi connectivity index (χ2v) is 15.5. The van der Waals surface area contributed by atoms with E-state index in [2.05, 4.69) is 200 Å². The van der Waals surface area contributed by atoms with Crippen molar-refractivity contribution < 1.29 is 0 Å². The summed E-state index contributed by atoms with van der Waals surface area (Å²) in [5.74, 6) is 0.930. The van der Waals surface area contributed by atoms with Gasteiger partial charge < -0.3 is 0 Å². The van der Waals surface area contributed by atoms with Gasteiger partial charge in [-0.3, -0.25) is 0 Å². The molecule has 266 valence electrons. The Balaban J connectivity index is 1.27. The number of aromatic nitrogens is 2. The van der Waals surface area contributed by atoms with Gasteiger partial charge >= 0.3 is 0 Å². The number of fused-ring (bicyclic) bond motifs is 8. The molecule has 0 amide bonds. The molecule has 3 atom stereocenters. The van der Waals surface area contributed by atoms with E-state index in [0.717, 1.165) is 53.2 Å². The van der Waals surface area contributed by atoms with E-state index in [9.17, 15) is 0 Å². The first-order valence-corrected chi connectivity index (χ1v) is 19.9. The lowest BCUT2D eigenvalue weighted by molar-refractivity contribution is 0.422. The molecule has 4 aliphatic carbocycles. The summed E-state index contributed by atoms with van der Waals surface area (Å²) in [5.41, 5.74) is 16.4. The highest BCUT2D eigenvalue weighted by molar-refractivity contribution is 5.91. The van der Waals surface area contributed by atoms with Gasteiger partial charge in [-0.25, -0.2) is 9.97 Å². The summed E-state index contributed by atoms with van der Waals surface area (Å²) >= 11 is 0. The van der Waals surface area contributed by atoms with Gasteiger partial charge in [-0.05, 0) is 87.4 Å². The lowest BCUT2D eigenvalue weighted by atomic mass is 9.49. The Labute approximate surface area is 329 Å². The van der Waals surface area contributed by atoms with Crippen LogP contribution in [0.2, 0.25) is 0 Å². The number of rotatable bonds is 5. The first kappa shape index (κ1) is 32.8. The number of benzene rings is 6. The summed E-state index contributed by atoms with van der Waals surface area (Å²) in [5, 5.41) is 0. The van der Waals surface area contributed by atoms with Crippen molar-refractivity contribution in [2.75, 3.05) is 0 Å². The minimum atomic E-state index is -0.517. The average molecular weight is 717 g/mol. The second-order valence-electron chi connectivity index (χ2n) is 15.5. The molecular formula is C54H40N2. The maximum Gasteiger partial charge on any atom is 0.160 e. The van der Waals surface area contributed by atoms with Crippen molar-refractivity contribution in [2.45, 2.75) is 30.1 Å². The molecule has 0 fully saturated rings. The van der Waals surface area contributed by atoms with Crippen LogP contribution in [0.1, 0.15) is 58.2 Å². The fraction of sp³-hybridized carbons (Fsp3) is 0.111. The Morgan fingerprint density at radius 2 is 1.12 bits per heavy atom. The van der Waals surface area contributed by atoms with Crippen LogP contribution in [0.3, 0.4) is 0 Å². The molecule has 0 aliphatic heterocycles. The summed E-state index contributed by atoms with van der Waals surface area (Å²) in [6.45, 7) is 0. The Morgan fingerprint density at radius 1 is 0.500 bits per heavy atom. The zero-order valence-corrected chi connectivity index (χ0v) is 31.1. The van der Waals surface area contributed by atoms with Crippen LogP contribution in [0.15, 0.2) is 206 Å². The summed E-state index contributed by atoms with van der Waals surface area (Å²) in [6.07, 6.45) is 17.1. The third kappa shape index (κ3) is 4.69. The normalized spacial score (nSPS) is 21.4. The van der Waals surface area contributed by atoms with E-state index < -0.39 is 10.8 Å². The van der Waals surface area contributed by atoms with Gasteiger partial charge in [0.25, 0.3) is 0 Å². The van der Waals surface area contributed by atoms with Crippen molar-refractivity contribution in [1.82, 2.24) is 9.97 Å². The van der Waals surface area contributed by atoms with Crippen LogP contribution in [0.5, 0.6) is 0 Å². The third-order valence-corrected chi connectivity index (χ3v) is 12.7. The van der Waals surface area contributed by atoms with Crippen LogP contribution in [0, 0.1) is 5.92 Å². The van der Waals surface area contributed by atoms with E-state index in [1.54, 1.807) is 0 Å². The molecule has 0 N–H and O–H groups in total. The summed E-state index contributed by atoms with van der Waals surface area (Å²) < 4.78 is 0. The van der Waals surface area contributed by atoms with Crippen LogP contribution in [-0.4, -0.2) is 9.97 Å². The Hall–Kier alpha value is -6.64. The molecule has 56 heavy (non-hydrogen) atoms. The van der Waals surface area contributed by atoms with Crippen LogP contribution >= 0.6 is 0 Å². The van der Waals surface area contributed by atoms with Crippen molar-refractivity contribution in [1.29, 1.82) is 0 Å². The van der Waals surface area contributed by atoms with Gasteiger partial charge in [0.05, 0.1) is 22.2 Å². The van der Waals surface area contributed by atoms with E-state index in [-0.39, 0.29) is 5.92 Å². The molecule has 11 rings (SSSR count). The van der Waals surface area contributed by atoms with Gasteiger partial charge in [-0.15, -0.1) is 0 Å². The molecule has 1 spiro atoms. The molecule has 0 saturated carbocycles. The van der Waals surface area contributed by atoms with Crippen molar-refractivity contribution in [3.05, 3.63) is 245 Å². The van der Waals surface area contributed by atoms with Gasteiger partial charge in [-0.2, -0.15) is 0 Å². The highest BCUT2D eigenvalue weighted by Gasteiger charge is 2.58. The predicted molar refractivity (Wildman–Crippen MR) is 229 cm³/mol. The number of nitrogens with zero attached hydrogens (tertiary/aromatic N) is 2. The summed E-state index contributed by atoms with van der Waals surface area (Å²) in [6, 6.07) is 60.2. The van der Waals surface area contributed by atoms with Gasteiger partial charge in [0.15, 0.2) is 5.82 Å². The zero-order chi connectivity index (χ0) is 37.1. The Morgan fingerprint density at radius 3 is 1.82 bits per heavy atom. The van der Waals surface area contributed by atoms with E-state index in [1.165, 1.54) is 50.1 Å². The molecule has 0 radical (unpaired) electrons. The SMILES string of the molecule is C1=CCC(C2(c3ccccc3)c3ccccc3C3(C4=C(CCC=C4)c4ccccc43)c3cc(-c4nc(-c5ccccc5)cc(-c5ccccc5)n4)ccc32)C=C1. The highest BCUT2D eigenvalue weighted by atomic mass is 14.9. The smallest absolute Gasteiger partial charge is 0.160 e. The van der Waals surface area contributed by atoms with Crippen LogP contribution in [-0.2, 0) is 10.8 Å². The van der Waals surface area contributed by atoms with Gasteiger partial charge in [-0.1, -0.05) is 188 Å². The topological polar surface area (TPSA) is 25.8 Å². The fourth-order valence-corrected chi connectivity index (χ4v) is 10.5. The Bertz CT molecular complexity index is 2720. The molecule has 3 unspecified atom stereocenters. The molecule has 1 aromatic heterocycles. The zero-order valence-electron chi connectivity index (χ0n) is 31.1. The largest absolute Gasteiger partial charge is 0.228 e. The Kier molecular flexibility index (Phi) is 7.60. The van der Waals surface area contributed by atoms with Crippen molar-refractivity contribution >= 4 is 5.57 Å². The second kappa shape index (κ2) is 13.0. The maximum absolute atomic E-state index is 5.36. The minimum absolute atomic E-state index is 0.201. The third-order valence-electron chi connectivity index (χ3n) is 12.7. The standard InChI is InChI=1S/C54H40N2/c1-5-19-37(20-6-1)50-36-51(38-21-7-2-8-22-38)56-52(55-50)39-33-34-48-49(35-39)54(44-29-15-13-27-42(44)43-28-14-16-30-45(43)54)47-32-18-17-31-46(47)53(48,40-23-9-3-10-24-40)41-25-11-4-12-26-41/h1-13,15-25,27,29-36,41H,14,26,28H2. The van der Waals surface area contributed by atoms with Gasteiger partial charge in [0.2, 0.25) is 0 Å². The van der Waals surface area contributed by atoms with E-state index in [4.69, 9.17) is 9.97 Å². The van der Waals surface area contributed by atoms with Crippen LogP contribution in [0.4, 0.5) is 0 Å². The first-order valence-electron chi connectivity index (χ1n) is 19.9. The van der Waals surface area contributed by atoms with Crippen molar-refractivity contribution in [2.24, 2.45) is 5.92 Å². The molecule has 2 nitrogen and oxygen atoms in total. The molecule has 0 bridgehead atoms. The monoisotopic (exact) mass is 716 g/mol. The lowest BCUT2D eigenvalue weighted by Gasteiger charge is -2.53. The maximum atomic E-state index is 5.36. The molecule has 7 aromatic rings. The molecule has 1 heterocycles. The molecule has 4 aliphatic rings. The van der Waals surface area contributed by atoms with E-state index in [1.807, 2.05) is 0 Å². The average Bonchev–Trinajstić information content (AvgIpc) is 3.58. The highest BCUT2D eigenvalue weighted by Crippen LogP contribution is 2.65. The minimum Gasteiger partial charge on any atom is -0.228 e.